The molecule has 1 aromatic heterocycles. The van der Waals surface area contributed by atoms with Crippen LogP contribution < -0.4 is 11.1 Å². The number of alkyl halides is 3. The molecule has 170 valence electrons. The summed E-state index contributed by atoms with van der Waals surface area (Å²) in [5.41, 5.74) is 4.94. The monoisotopic (exact) mass is 552 g/mol. The van der Waals surface area contributed by atoms with Crippen LogP contribution in [0.2, 0.25) is 0 Å². The number of nitrogens with zero attached hydrogens (tertiary/aromatic N) is 2. The second kappa shape index (κ2) is 10.8. The molecule has 0 radical (unpaired) electrons. The highest BCUT2D eigenvalue weighted by atomic mass is 127. The molecule has 2 heterocycles. The van der Waals surface area contributed by atoms with E-state index in [1.165, 1.54) is 12.1 Å². The van der Waals surface area contributed by atoms with Crippen molar-refractivity contribution in [2.45, 2.75) is 25.7 Å². The smallest absolute Gasteiger partial charge is 0.416 e. The van der Waals surface area contributed by atoms with Crippen molar-refractivity contribution >= 4 is 35.8 Å². The number of aliphatic imine (C=N–C) groups is 1. The summed E-state index contributed by atoms with van der Waals surface area (Å²) in [5.74, 6) is 0.451. The van der Waals surface area contributed by atoms with Crippen LogP contribution >= 0.6 is 24.0 Å². The fourth-order valence-electron chi connectivity index (χ4n) is 3.13. The molecule has 1 aliphatic heterocycles. The third-order valence-corrected chi connectivity index (χ3v) is 4.58. The number of hydrogen-bond donors (Lipinski definition) is 2. The van der Waals surface area contributed by atoms with Crippen molar-refractivity contribution in [2.24, 2.45) is 10.7 Å². The Morgan fingerprint density at radius 3 is 2.74 bits per heavy atom. The summed E-state index contributed by atoms with van der Waals surface area (Å²) < 4.78 is 50.2. The van der Waals surface area contributed by atoms with Gasteiger partial charge in [-0.2, -0.15) is 13.2 Å². The maximum absolute atomic E-state index is 13.0. The third-order valence-electron chi connectivity index (χ3n) is 4.58. The summed E-state index contributed by atoms with van der Waals surface area (Å²) in [7, 11) is 0. The second-order valence-electron chi connectivity index (χ2n) is 6.73. The summed E-state index contributed by atoms with van der Waals surface area (Å²) >= 11 is 0. The van der Waals surface area contributed by atoms with Gasteiger partial charge in [0.25, 0.3) is 5.91 Å². The van der Waals surface area contributed by atoms with Crippen molar-refractivity contribution in [1.82, 2.24) is 10.2 Å². The lowest BCUT2D eigenvalue weighted by atomic mass is 10.0. The van der Waals surface area contributed by atoms with Crippen LogP contribution in [-0.2, 0) is 17.5 Å². The first-order valence-electron chi connectivity index (χ1n) is 9.48. The summed E-state index contributed by atoms with van der Waals surface area (Å²) in [6.45, 7) is 3.93. The van der Waals surface area contributed by atoms with Crippen LogP contribution in [0.25, 0.3) is 0 Å². The van der Waals surface area contributed by atoms with Gasteiger partial charge in [-0.25, -0.2) is 4.99 Å². The van der Waals surface area contributed by atoms with Crippen molar-refractivity contribution < 1.29 is 27.1 Å². The van der Waals surface area contributed by atoms with Gasteiger partial charge in [0.1, 0.15) is 18.4 Å². The van der Waals surface area contributed by atoms with E-state index in [1.807, 2.05) is 11.8 Å². The van der Waals surface area contributed by atoms with Crippen LogP contribution in [0.15, 0.2) is 45.8 Å². The number of hydrogen-bond acceptors (Lipinski definition) is 4. The highest BCUT2D eigenvalue weighted by Gasteiger charge is 2.32. The minimum atomic E-state index is -4.41. The number of amides is 1. The van der Waals surface area contributed by atoms with Crippen LogP contribution in [-0.4, -0.2) is 43.0 Å². The highest BCUT2D eigenvalue weighted by molar-refractivity contribution is 14.0. The number of carbonyl (C=O) groups excluding carboxylic acids is 1. The van der Waals surface area contributed by atoms with E-state index in [4.69, 9.17) is 14.9 Å². The first-order valence-corrected chi connectivity index (χ1v) is 9.48. The number of halogens is 4. The zero-order chi connectivity index (χ0) is 21.7. The molecule has 2 aromatic rings. The van der Waals surface area contributed by atoms with Gasteiger partial charge in [-0.1, -0.05) is 12.1 Å². The van der Waals surface area contributed by atoms with E-state index >= 15 is 0 Å². The molecule has 31 heavy (non-hydrogen) atoms. The van der Waals surface area contributed by atoms with Crippen molar-refractivity contribution in [3.63, 3.8) is 0 Å². The molecule has 1 fully saturated rings. The van der Waals surface area contributed by atoms with Crippen LogP contribution in [0.1, 0.15) is 40.5 Å². The van der Waals surface area contributed by atoms with Gasteiger partial charge in [-0.05, 0) is 36.8 Å². The number of nitrogens with two attached hydrogens (primary N) is 1. The van der Waals surface area contributed by atoms with E-state index in [2.05, 4.69) is 10.3 Å². The number of carbonyl (C=O) groups is 1. The van der Waals surface area contributed by atoms with Crippen LogP contribution in [0, 0.1) is 0 Å². The average Bonchev–Trinajstić information content (AvgIpc) is 3.20. The maximum Gasteiger partial charge on any atom is 0.416 e. The molecule has 3 N–H and O–H groups in total. The Bertz CT molecular complexity index is 917. The number of rotatable bonds is 5. The van der Waals surface area contributed by atoms with E-state index in [-0.39, 0.29) is 36.3 Å². The number of nitrogens with one attached hydrogen (secondary N) is 1. The van der Waals surface area contributed by atoms with E-state index < -0.39 is 23.8 Å². The molecule has 11 heteroatoms. The van der Waals surface area contributed by atoms with Gasteiger partial charge < -0.3 is 25.1 Å². The second-order valence-corrected chi connectivity index (χ2v) is 6.73. The van der Waals surface area contributed by atoms with Gasteiger partial charge in [0, 0.05) is 13.1 Å². The largest absolute Gasteiger partial charge is 0.454 e. The molecule has 3 rings (SSSR count). The van der Waals surface area contributed by atoms with Gasteiger partial charge in [-0.3, -0.25) is 4.79 Å². The molecule has 0 saturated carbocycles. The average molecular weight is 552 g/mol. The first kappa shape index (κ1) is 25.0. The van der Waals surface area contributed by atoms with Crippen LogP contribution in [0.4, 0.5) is 13.2 Å². The number of ether oxygens (including phenoxy) is 1. The lowest BCUT2D eigenvalue weighted by molar-refractivity contribution is -0.137. The van der Waals surface area contributed by atoms with Crippen molar-refractivity contribution in [3.05, 3.63) is 59.0 Å². The Morgan fingerprint density at radius 2 is 2.10 bits per heavy atom. The van der Waals surface area contributed by atoms with E-state index in [9.17, 15) is 18.0 Å². The lowest BCUT2D eigenvalue weighted by Crippen LogP contribution is -2.48. The van der Waals surface area contributed by atoms with Gasteiger partial charge in [0.15, 0.2) is 11.7 Å². The predicted molar refractivity (Wildman–Crippen MR) is 119 cm³/mol. The van der Waals surface area contributed by atoms with Gasteiger partial charge >= 0.3 is 6.18 Å². The van der Waals surface area contributed by atoms with Gasteiger partial charge in [0.2, 0.25) is 0 Å². The van der Waals surface area contributed by atoms with E-state index in [1.54, 1.807) is 12.1 Å². The minimum Gasteiger partial charge on any atom is -0.454 e. The number of primary amides is 1. The number of benzene rings is 1. The molecule has 7 nitrogen and oxygen atoms in total. The summed E-state index contributed by atoms with van der Waals surface area (Å²) in [6, 6.07) is 8.27. The number of furan rings is 1. The Labute approximate surface area is 194 Å². The van der Waals surface area contributed by atoms with E-state index in [0.29, 0.717) is 43.5 Å². The standard InChI is InChI=1S/C20H23F3N4O3.HI/c1-2-25-19(26-11-15-6-7-16(30-15)18(24)28)27-8-9-29-17(12-27)13-4-3-5-14(10-13)20(21,22)23;/h3-7,10,17H,2,8-9,11-12H2,1H3,(H2,24,28)(H,25,26);1H. The molecule has 1 saturated heterocycles. The third kappa shape index (κ3) is 6.60. The van der Waals surface area contributed by atoms with Crippen LogP contribution in [0.5, 0.6) is 0 Å². The maximum atomic E-state index is 13.0. The Balaban J connectivity index is 0.00000341. The van der Waals surface area contributed by atoms with Crippen molar-refractivity contribution in [2.75, 3.05) is 26.2 Å². The summed E-state index contributed by atoms with van der Waals surface area (Å²) in [4.78, 5) is 17.6. The SMILES string of the molecule is CCNC(=NCc1ccc(C(N)=O)o1)N1CCOC(c2cccc(C(F)(F)F)c2)C1.I. The molecule has 1 aliphatic rings. The molecule has 0 bridgehead atoms. The molecule has 1 atom stereocenters. The van der Waals surface area contributed by atoms with Crippen molar-refractivity contribution in [1.29, 1.82) is 0 Å². The normalized spacial score (nSPS) is 17.2. The van der Waals surface area contributed by atoms with Gasteiger partial charge in [0.05, 0.1) is 18.7 Å². The lowest BCUT2D eigenvalue weighted by Gasteiger charge is -2.35. The number of morpholine rings is 1. The molecular formula is C20H24F3IN4O3. The molecule has 1 aromatic carbocycles. The zero-order valence-electron chi connectivity index (χ0n) is 16.8. The first-order chi connectivity index (χ1) is 14.3. The van der Waals surface area contributed by atoms with Crippen LogP contribution in [0.3, 0.4) is 0 Å². The summed E-state index contributed by atoms with van der Waals surface area (Å²) in [5, 5.41) is 3.17. The van der Waals surface area contributed by atoms with E-state index in [0.717, 1.165) is 12.1 Å². The Kier molecular flexibility index (Phi) is 8.74. The molecule has 1 amide bonds. The Hall–Kier alpha value is -2.28. The number of guanidine groups is 1. The predicted octanol–water partition coefficient (Wildman–Crippen LogP) is 3.55. The van der Waals surface area contributed by atoms with Gasteiger partial charge in [-0.15, -0.1) is 24.0 Å². The topological polar surface area (TPSA) is 93.1 Å². The molecular weight excluding hydrogens is 528 g/mol. The molecule has 1 unspecified atom stereocenters. The fourth-order valence-corrected chi connectivity index (χ4v) is 3.13. The molecule has 0 aliphatic carbocycles. The minimum absolute atomic E-state index is 0. The zero-order valence-corrected chi connectivity index (χ0v) is 19.1. The fraction of sp³-hybridized carbons (Fsp3) is 0.400. The quantitative estimate of drug-likeness (QED) is 0.337. The highest BCUT2D eigenvalue weighted by Crippen LogP contribution is 2.32. The van der Waals surface area contributed by atoms with Crippen molar-refractivity contribution in [3.8, 4) is 0 Å². The summed E-state index contributed by atoms with van der Waals surface area (Å²) in [6.07, 6.45) is -4.93. The Morgan fingerprint density at radius 1 is 1.32 bits per heavy atom. The molecule has 0 spiro atoms.